The zero-order chi connectivity index (χ0) is 14.9. The highest BCUT2D eigenvalue weighted by atomic mass is 35.5. The summed E-state index contributed by atoms with van der Waals surface area (Å²) in [6.07, 6.45) is 2.61. The fourth-order valence-electron chi connectivity index (χ4n) is 3.29. The molecular weight excluding hydrogens is 369 g/mol. The van der Waals surface area contributed by atoms with E-state index >= 15 is 0 Å². The Kier molecular flexibility index (Phi) is 6.62. The van der Waals surface area contributed by atoms with Crippen molar-refractivity contribution in [2.24, 2.45) is 5.92 Å². The Labute approximate surface area is 157 Å². The monoisotopic (exact) mass is 389 g/mol. The van der Waals surface area contributed by atoms with Gasteiger partial charge in [0.1, 0.15) is 17.0 Å². The Morgan fingerprint density at radius 1 is 1.21 bits per heavy atom. The van der Waals surface area contributed by atoms with Gasteiger partial charge in [-0.1, -0.05) is 0 Å². The summed E-state index contributed by atoms with van der Waals surface area (Å²) < 4.78 is 0. The number of nitrogens with zero attached hydrogens (tertiary/aromatic N) is 4. The maximum atomic E-state index is 12.5. The third kappa shape index (κ3) is 3.59. The smallest absolute Gasteiger partial charge is 0.227 e. The number of piperazine rings is 1. The number of hydrogen-bond donors (Lipinski definition) is 1. The number of thiophene rings is 1. The number of aromatic nitrogens is 2. The molecule has 1 atom stereocenters. The van der Waals surface area contributed by atoms with Crippen LogP contribution in [0.2, 0.25) is 0 Å². The summed E-state index contributed by atoms with van der Waals surface area (Å²) in [7, 11) is 0. The molecule has 2 aliphatic rings. The molecule has 0 aliphatic carbocycles. The molecular formula is C15H21Cl2N5OS. The zero-order valence-corrected chi connectivity index (χ0v) is 15.6. The predicted octanol–water partition coefficient (Wildman–Crippen LogP) is 1.79. The van der Waals surface area contributed by atoms with Gasteiger partial charge in [0.15, 0.2) is 0 Å². The van der Waals surface area contributed by atoms with Gasteiger partial charge in [0.25, 0.3) is 0 Å². The van der Waals surface area contributed by atoms with Gasteiger partial charge in [0.2, 0.25) is 5.91 Å². The second kappa shape index (κ2) is 8.29. The summed E-state index contributed by atoms with van der Waals surface area (Å²) in [4.78, 5) is 26.5. The third-order valence-corrected chi connectivity index (χ3v) is 5.36. The minimum Gasteiger partial charge on any atom is -0.352 e. The Morgan fingerprint density at radius 3 is 2.71 bits per heavy atom. The molecule has 2 fully saturated rings. The van der Waals surface area contributed by atoms with Crippen LogP contribution < -0.4 is 10.2 Å². The van der Waals surface area contributed by atoms with Gasteiger partial charge < -0.3 is 15.1 Å². The molecule has 0 aromatic carbocycles. The van der Waals surface area contributed by atoms with Crippen molar-refractivity contribution in [2.45, 2.75) is 6.42 Å². The van der Waals surface area contributed by atoms with Crippen molar-refractivity contribution in [1.82, 2.24) is 20.2 Å². The van der Waals surface area contributed by atoms with Crippen LogP contribution in [0.1, 0.15) is 6.42 Å². The van der Waals surface area contributed by atoms with E-state index in [0.717, 1.165) is 61.7 Å². The molecule has 2 aliphatic heterocycles. The number of halogens is 2. The van der Waals surface area contributed by atoms with Crippen LogP contribution in [0, 0.1) is 5.92 Å². The van der Waals surface area contributed by atoms with E-state index in [0.29, 0.717) is 5.91 Å². The second-order valence-electron chi connectivity index (χ2n) is 5.84. The molecule has 9 heteroatoms. The van der Waals surface area contributed by atoms with Crippen molar-refractivity contribution in [1.29, 1.82) is 0 Å². The number of hydrogen-bond acceptors (Lipinski definition) is 6. The highest BCUT2D eigenvalue weighted by molar-refractivity contribution is 7.16. The summed E-state index contributed by atoms with van der Waals surface area (Å²) in [5, 5.41) is 6.44. The molecule has 1 amide bonds. The minimum atomic E-state index is 0. The summed E-state index contributed by atoms with van der Waals surface area (Å²) in [5.74, 6) is 1.49. The molecule has 0 spiro atoms. The van der Waals surface area contributed by atoms with Crippen LogP contribution in [0.5, 0.6) is 0 Å². The van der Waals surface area contributed by atoms with E-state index in [9.17, 15) is 4.79 Å². The highest BCUT2D eigenvalue weighted by Gasteiger charge is 2.29. The maximum absolute atomic E-state index is 12.5. The third-order valence-electron chi connectivity index (χ3n) is 4.54. The highest BCUT2D eigenvalue weighted by Crippen LogP contribution is 2.27. The number of nitrogens with one attached hydrogen (secondary N) is 1. The minimum absolute atomic E-state index is 0. The molecule has 4 heterocycles. The van der Waals surface area contributed by atoms with Crippen LogP contribution in [-0.2, 0) is 4.79 Å². The first kappa shape index (κ1) is 19.2. The van der Waals surface area contributed by atoms with Gasteiger partial charge >= 0.3 is 0 Å². The van der Waals surface area contributed by atoms with Crippen LogP contribution in [0.25, 0.3) is 10.2 Å². The summed E-state index contributed by atoms with van der Waals surface area (Å²) >= 11 is 1.64. The van der Waals surface area contributed by atoms with Gasteiger partial charge in [-0.25, -0.2) is 9.97 Å². The topological polar surface area (TPSA) is 61.4 Å². The SMILES string of the molecule is Cl.Cl.O=C(C1CCNC1)N1CCN(c2ncnc3sccc23)CC1. The normalized spacial score (nSPS) is 20.6. The fraction of sp³-hybridized carbons (Fsp3) is 0.533. The Morgan fingerprint density at radius 2 is 2.00 bits per heavy atom. The molecule has 0 radical (unpaired) electrons. The van der Waals surface area contributed by atoms with Gasteiger partial charge in [-0.05, 0) is 24.4 Å². The number of rotatable bonds is 2. The first-order valence-electron chi connectivity index (χ1n) is 7.75. The van der Waals surface area contributed by atoms with Crippen molar-refractivity contribution in [3.63, 3.8) is 0 Å². The lowest BCUT2D eigenvalue weighted by molar-refractivity contribution is -0.135. The summed E-state index contributed by atoms with van der Waals surface area (Å²) in [6.45, 7) is 5.05. The molecule has 2 aromatic rings. The van der Waals surface area contributed by atoms with Crippen molar-refractivity contribution in [3.05, 3.63) is 17.8 Å². The van der Waals surface area contributed by atoms with Gasteiger partial charge in [-0.15, -0.1) is 36.2 Å². The van der Waals surface area contributed by atoms with E-state index in [1.54, 1.807) is 17.7 Å². The average Bonchev–Trinajstić information content (AvgIpc) is 3.25. The van der Waals surface area contributed by atoms with Crippen molar-refractivity contribution >= 4 is 58.1 Å². The van der Waals surface area contributed by atoms with Crippen molar-refractivity contribution in [2.75, 3.05) is 44.2 Å². The molecule has 0 bridgehead atoms. The van der Waals surface area contributed by atoms with Gasteiger partial charge in [0.05, 0.1) is 11.3 Å². The van der Waals surface area contributed by atoms with Crippen LogP contribution in [0.3, 0.4) is 0 Å². The van der Waals surface area contributed by atoms with E-state index < -0.39 is 0 Å². The largest absolute Gasteiger partial charge is 0.352 e. The first-order chi connectivity index (χ1) is 10.8. The fourth-order valence-corrected chi connectivity index (χ4v) is 4.02. The Hall–Kier alpha value is -1.15. The quantitative estimate of drug-likeness (QED) is 0.848. The molecule has 24 heavy (non-hydrogen) atoms. The number of amides is 1. The number of fused-ring (bicyclic) bond motifs is 1. The zero-order valence-electron chi connectivity index (χ0n) is 13.2. The Bertz CT molecular complexity index is 683. The van der Waals surface area contributed by atoms with Gasteiger partial charge in [-0.2, -0.15) is 0 Å². The first-order valence-corrected chi connectivity index (χ1v) is 8.63. The number of anilines is 1. The molecule has 132 valence electrons. The van der Waals surface area contributed by atoms with Crippen molar-refractivity contribution in [3.8, 4) is 0 Å². The van der Waals surface area contributed by atoms with Gasteiger partial charge in [-0.3, -0.25) is 4.79 Å². The van der Waals surface area contributed by atoms with Gasteiger partial charge in [0, 0.05) is 32.7 Å². The van der Waals surface area contributed by atoms with E-state index in [-0.39, 0.29) is 30.7 Å². The van der Waals surface area contributed by atoms with Crippen LogP contribution >= 0.6 is 36.2 Å². The molecule has 4 rings (SSSR count). The van der Waals surface area contributed by atoms with Crippen LogP contribution in [0.4, 0.5) is 5.82 Å². The average molecular weight is 390 g/mol. The summed E-state index contributed by atoms with van der Waals surface area (Å²) in [6, 6.07) is 2.08. The van der Waals surface area contributed by atoms with E-state index in [2.05, 4.69) is 31.6 Å². The second-order valence-corrected chi connectivity index (χ2v) is 6.73. The molecule has 1 unspecified atom stereocenters. The number of carbonyl (C=O) groups is 1. The van der Waals surface area contributed by atoms with Crippen LogP contribution in [0.15, 0.2) is 17.8 Å². The molecule has 2 saturated heterocycles. The lowest BCUT2D eigenvalue weighted by Crippen LogP contribution is -2.50. The molecule has 2 aromatic heterocycles. The Balaban J connectivity index is 0.00000104. The maximum Gasteiger partial charge on any atom is 0.227 e. The van der Waals surface area contributed by atoms with Crippen LogP contribution in [-0.4, -0.2) is 60.0 Å². The molecule has 0 saturated carbocycles. The van der Waals surface area contributed by atoms with Crippen molar-refractivity contribution < 1.29 is 4.79 Å². The predicted molar refractivity (Wildman–Crippen MR) is 102 cm³/mol. The van der Waals surface area contributed by atoms with E-state index in [1.807, 2.05) is 4.90 Å². The lowest BCUT2D eigenvalue weighted by Gasteiger charge is -2.36. The standard InChI is InChI=1S/C15H19N5OS.2ClH/c21-15(11-1-3-16-9-11)20-6-4-19(5-7-20)13-12-2-8-22-14(12)18-10-17-13;;/h2,8,10-11,16H,1,3-7,9H2;2*1H. The molecule has 1 N–H and O–H groups in total. The van der Waals surface area contributed by atoms with E-state index in [4.69, 9.17) is 0 Å². The summed E-state index contributed by atoms with van der Waals surface area (Å²) in [5.41, 5.74) is 0. The number of carbonyl (C=O) groups excluding carboxylic acids is 1. The lowest BCUT2D eigenvalue weighted by atomic mass is 10.1. The molecule has 6 nitrogen and oxygen atoms in total. The van der Waals surface area contributed by atoms with E-state index in [1.165, 1.54) is 0 Å².